The first-order chi connectivity index (χ1) is 11.7. The highest BCUT2D eigenvalue weighted by atomic mass is 19.1. The van der Waals surface area contributed by atoms with Crippen LogP contribution in [0.25, 0.3) is 0 Å². The number of nitrogens with two attached hydrogens (primary N) is 1. The van der Waals surface area contributed by atoms with Crippen LogP contribution in [0.1, 0.15) is 11.1 Å². The van der Waals surface area contributed by atoms with Gasteiger partial charge in [0.25, 0.3) is 0 Å². The molecule has 3 aromatic rings. The highest BCUT2D eigenvalue weighted by Crippen LogP contribution is 2.19. The van der Waals surface area contributed by atoms with Crippen LogP contribution in [0.4, 0.5) is 10.2 Å². The molecule has 2 N–H and O–H groups in total. The number of pyridine rings is 2. The molecule has 0 atom stereocenters. The first-order valence-electron chi connectivity index (χ1n) is 7.29. The van der Waals surface area contributed by atoms with Crippen molar-refractivity contribution in [3.05, 3.63) is 77.9 Å². The highest BCUT2D eigenvalue weighted by molar-refractivity contribution is 5.39. The number of nitrogens with zero attached hydrogens (tertiary/aromatic N) is 2. The Labute approximate surface area is 139 Å². The van der Waals surface area contributed by atoms with E-state index in [9.17, 15) is 4.39 Å². The van der Waals surface area contributed by atoms with Crippen molar-refractivity contribution in [2.75, 3.05) is 5.73 Å². The van der Waals surface area contributed by atoms with E-state index in [1.807, 2.05) is 18.2 Å². The van der Waals surface area contributed by atoms with Crippen LogP contribution in [0.5, 0.6) is 11.6 Å². The number of aromatic nitrogens is 2. The van der Waals surface area contributed by atoms with Gasteiger partial charge in [-0.1, -0.05) is 30.0 Å². The molecule has 0 radical (unpaired) electrons. The minimum Gasteiger partial charge on any atom is -0.439 e. The van der Waals surface area contributed by atoms with Gasteiger partial charge in [0.2, 0.25) is 11.8 Å². The molecule has 0 fully saturated rings. The van der Waals surface area contributed by atoms with Gasteiger partial charge in [-0.15, -0.1) is 0 Å². The summed E-state index contributed by atoms with van der Waals surface area (Å²) in [4.78, 5) is 7.64. The molecule has 0 aliphatic rings. The second kappa shape index (κ2) is 7.25. The van der Waals surface area contributed by atoms with Crippen molar-refractivity contribution in [3.63, 3.8) is 0 Å². The molecule has 0 bridgehead atoms. The van der Waals surface area contributed by atoms with Crippen molar-refractivity contribution in [1.29, 1.82) is 0 Å². The van der Waals surface area contributed by atoms with Crippen LogP contribution in [0.2, 0.25) is 0 Å². The molecule has 3 rings (SSSR count). The maximum absolute atomic E-state index is 13.0. The Morgan fingerprint density at radius 3 is 2.58 bits per heavy atom. The molecule has 2 aromatic heterocycles. The standard InChI is InChI=1S/C19H14FN3O/c20-17-5-2-6-19(23-17)24-16-10-7-14(8-11-16)3-1-4-15-9-12-18(21)22-13-15/h2,5-13H,3H2,(H2,21,22). The molecule has 1 aromatic carbocycles. The van der Waals surface area contributed by atoms with Crippen molar-refractivity contribution < 1.29 is 9.13 Å². The highest BCUT2D eigenvalue weighted by Gasteiger charge is 2.00. The van der Waals surface area contributed by atoms with Crippen LogP contribution < -0.4 is 10.5 Å². The smallest absolute Gasteiger partial charge is 0.221 e. The number of anilines is 1. The Morgan fingerprint density at radius 2 is 1.88 bits per heavy atom. The van der Waals surface area contributed by atoms with Crippen LogP contribution in [0.3, 0.4) is 0 Å². The fraction of sp³-hybridized carbons (Fsp3) is 0.0526. The maximum atomic E-state index is 13.0. The number of nitrogen functional groups attached to an aromatic ring is 1. The van der Waals surface area contributed by atoms with Crippen LogP contribution in [-0.4, -0.2) is 9.97 Å². The average Bonchev–Trinajstić information content (AvgIpc) is 2.58. The Hall–Kier alpha value is -3.39. The molecule has 0 saturated heterocycles. The number of rotatable bonds is 3. The molecule has 0 aliphatic carbocycles. The van der Waals surface area contributed by atoms with Gasteiger partial charge in [-0.2, -0.15) is 9.37 Å². The van der Waals surface area contributed by atoms with E-state index in [0.29, 0.717) is 18.0 Å². The van der Waals surface area contributed by atoms with Crippen LogP contribution in [0, 0.1) is 17.8 Å². The van der Waals surface area contributed by atoms with Crippen molar-refractivity contribution in [2.45, 2.75) is 6.42 Å². The third-order valence-electron chi connectivity index (χ3n) is 3.15. The van der Waals surface area contributed by atoms with Crippen molar-refractivity contribution >= 4 is 5.82 Å². The predicted octanol–water partition coefficient (Wildman–Crippen LogP) is 3.58. The molecular weight excluding hydrogens is 305 g/mol. The molecule has 0 saturated carbocycles. The van der Waals surface area contributed by atoms with Gasteiger partial charge in [-0.3, -0.25) is 0 Å². The third-order valence-corrected chi connectivity index (χ3v) is 3.15. The minimum absolute atomic E-state index is 0.221. The second-order valence-electron chi connectivity index (χ2n) is 4.99. The zero-order valence-corrected chi connectivity index (χ0v) is 12.7. The summed E-state index contributed by atoms with van der Waals surface area (Å²) in [6.45, 7) is 0. The molecule has 4 nitrogen and oxygen atoms in total. The first-order valence-corrected chi connectivity index (χ1v) is 7.29. The van der Waals surface area contributed by atoms with Gasteiger partial charge in [-0.05, 0) is 35.9 Å². The largest absolute Gasteiger partial charge is 0.439 e. The summed E-state index contributed by atoms with van der Waals surface area (Å²) in [5.41, 5.74) is 7.40. The van der Waals surface area contributed by atoms with Crippen LogP contribution in [0.15, 0.2) is 60.8 Å². The maximum Gasteiger partial charge on any atom is 0.221 e. The minimum atomic E-state index is -0.573. The zero-order valence-electron chi connectivity index (χ0n) is 12.7. The van der Waals surface area contributed by atoms with E-state index in [2.05, 4.69) is 21.8 Å². The summed E-state index contributed by atoms with van der Waals surface area (Å²) in [6, 6.07) is 15.4. The summed E-state index contributed by atoms with van der Waals surface area (Å²) in [5.74, 6) is 6.82. The fourth-order valence-corrected chi connectivity index (χ4v) is 1.97. The van der Waals surface area contributed by atoms with E-state index in [1.165, 1.54) is 6.07 Å². The van der Waals surface area contributed by atoms with E-state index in [4.69, 9.17) is 10.5 Å². The van der Waals surface area contributed by atoms with Gasteiger partial charge in [0.1, 0.15) is 11.6 Å². The van der Waals surface area contributed by atoms with Crippen molar-refractivity contribution in [1.82, 2.24) is 9.97 Å². The number of ether oxygens (including phenoxy) is 1. The Morgan fingerprint density at radius 1 is 1.04 bits per heavy atom. The van der Waals surface area contributed by atoms with E-state index < -0.39 is 5.95 Å². The van der Waals surface area contributed by atoms with Gasteiger partial charge in [-0.25, -0.2) is 4.98 Å². The Kier molecular flexibility index (Phi) is 4.68. The molecule has 0 aliphatic heterocycles. The summed E-state index contributed by atoms with van der Waals surface area (Å²) in [7, 11) is 0. The molecule has 2 heterocycles. The summed E-state index contributed by atoms with van der Waals surface area (Å²) in [5, 5.41) is 0. The van der Waals surface area contributed by atoms with Gasteiger partial charge in [0.15, 0.2) is 0 Å². The van der Waals surface area contributed by atoms with Gasteiger partial charge < -0.3 is 10.5 Å². The Bertz CT molecular complexity index is 881. The summed E-state index contributed by atoms with van der Waals surface area (Å²) in [6.07, 6.45) is 2.24. The van der Waals surface area contributed by atoms with Crippen LogP contribution in [-0.2, 0) is 6.42 Å². The van der Waals surface area contributed by atoms with Crippen LogP contribution >= 0.6 is 0 Å². The normalized spacial score (nSPS) is 9.88. The van der Waals surface area contributed by atoms with E-state index in [0.717, 1.165) is 11.1 Å². The topological polar surface area (TPSA) is 61.0 Å². The number of hydrogen-bond acceptors (Lipinski definition) is 4. The number of halogens is 1. The molecule has 0 amide bonds. The monoisotopic (exact) mass is 319 g/mol. The molecule has 118 valence electrons. The summed E-state index contributed by atoms with van der Waals surface area (Å²) >= 11 is 0. The molecule has 0 spiro atoms. The molecule has 0 unspecified atom stereocenters. The lowest BCUT2D eigenvalue weighted by molar-refractivity contribution is 0.445. The number of benzene rings is 1. The van der Waals surface area contributed by atoms with Gasteiger partial charge in [0, 0.05) is 24.2 Å². The molecule has 5 heteroatoms. The predicted molar refractivity (Wildman–Crippen MR) is 89.9 cm³/mol. The van der Waals surface area contributed by atoms with E-state index in [-0.39, 0.29) is 5.88 Å². The molecular formula is C19H14FN3O. The number of hydrogen-bond donors (Lipinski definition) is 1. The average molecular weight is 319 g/mol. The third kappa shape index (κ3) is 4.31. The SMILES string of the molecule is Nc1ccc(C#CCc2ccc(Oc3cccc(F)n3)cc2)cn1. The lowest BCUT2D eigenvalue weighted by Crippen LogP contribution is -1.90. The van der Waals surface area contributed by atoms with Gasteiger partial charge >= 0.3 is 0 Å². The van der Waals surface area contributed by atoms with E-state index in [1.54, 1.807) is 36.5 Å². The zero-order chi connectivity index (χ0) is 16.8. The van der Waals surface area contributed by atoms with Gasteiger partial charge in [0.05, 0.1) is 0 Å². The first kappa shape index (κ1) is 15.5. The lowest BCUT2D eigenvalue weighted by Gasteiger charge is -2.04. The lowest BCUT2D eigenvalue weighted by atomic mass is 10.1. The fourth-order valence-electron chi connectivity index (χ4n) is 1.97. The quantitative estimate of drug-likeness (QED) is 0.592. The van der Waals surface area contributed by atoms with E-state index >= 15 is 0 Å². The van der Waals surface area contributed by atoms with Crippen molar-refractivity contribution in [3.8, 4) is 23.5 Å². The molecule has 24 heavy (non-hydrogen) atoms. The summed E-state index contributed by atoms with van der Waals surface area (Å²) < 4.78 is 18.5. The Balaban J connectivity index is 1.61. The second-order valence-corrected chi connectivity index (χ2v) is 4.99. The van der Waals surface area contributed by atoms with Crippen molar-refractivity contribution in [2.24, 2.45) is 0 Å².